The summed E-state index contributed by atoms with van der Waals surface area (Å²) < 4.78 is 41.7. The van der Waals surface area contributed by atoms with Gasteiger partial charge < -0.3 is 10.6 Å². The van der Waals surface area contributed by atoms with Crippen molar-refractivity contribution in [3.63, 3.8) is 0 Å². The number of rotatable bonds is 5. The summed E-state index contributed by atoms with van der Waals surface area (Å²) in [4.78, 5) is 13.6. The number of hydrogen-bond donors (Lipinski definition) is 2. The quantitative estimate of drug-likeness (QED) is 0.840. The number of nitrogens with one attached hydrogen (secondary N) is 2. The standard InChI is InChI=1S/C17H20F3N5O/c18-17(19,20)15(24-10-7-21-8-11-24)12-22-16(26)13-2-4-14(5-3-13)25-9-1-6-23-25/h1-6,9,15,21H,7-8,10-12H2,(H,22,26). The van der Waals surface area contributed by atoms with Crippen LogP contribution in [0, 0.1) is 0 Å². The van der Waals surface area contributed by atoms with Crippen LogP contribution in [0.3, 0.4) is 0 Å². The van der Waals surface area contributed by atoms with Gasteiger partial charge in [-0.25, -0.2) is 4.68 Å². The summed E-state index contributed by atoms with van der Waals surface area (Å²) in [5.41, 5.74) is 1.07. The van der Waals surface area contributed by atoms with Crippen LogP contribution in [0.15, 0.2) is 42.7 Å². The Morgan fingerprint density at radius 2 is 1.92 bits per heavy atom. The highest BCUT2D eigenvalue weighted by molar-refractivity contribution is 5.94. The predicted molar refractivity (Wildman–Crippen MR) is 90.2 cm³/mol. The first-order valence-electron chi connectivity index (χ1n) is 8.35. The number of piperazine rings is 1. The number of carbonyl (C=O) groups is 1. The van der Waals surface area contributed by atoms with E-state index in [0.717, 1.165) is 5.69 Å². The van der Waals surface area contributed by atoms with Gasteiger partial charge in [0.05, 0.1) is 5.69 Å². The van der Waals surface area contributed by atoms with Crippen LogP contribution in [-0.4, -0.2) is 65.5 Å². The lowest BCUT2D eigenvalue weighted by molar-refractivity contribution is -0.183. The third-order valence-electron chi connectivity index (χ3n) is 4.32. The van der Waals surface area contributed by atoms with E-state index in [4.69, 9.17) is 0 Å². The number of alkyl halides is 3. The van der Waals surface area contributed by atoms with Gasteiger partial charge in [0, 0.05) is 50.7 Å². The number of amides is 1. The summed E-state index contributed by atoms with van der Waals surface area (Å²) in [6.45, 7) is 1.16. The summed E-state index contributed by atoms with van der Waals surface area (Å²) in [7, 11) is 0. The lowest BCUT2D eigenvalue weighted by atomic mass is 10.1. The van der Waals surface area contributed by atoms with Crippen LogP contribution in [0.4, 0.5) is 13.2 Å². The summed E-state index contributed by atoms with van der Waals surface area (Å²) in [5.74, 6) is -0.526. The second-order valence-electron chi connectivity index (χ2n) is 6.05. The number of hydrogen-bond acceptors (Lipinski definition) is 4. The Morgan fingerprint density at radius 3 is 2.50 bits per heavy atom. The molecular weight excluding hydrogens is 347 g/mol. The van der Waals surface area contributed by atoms with Crippen molar-refractivity contribution < 1.29 is 18.0 Å². The van der Waals surface area contributed by atoms with Gasteiger partial charge in [0.2, 0.25) is 0 Å². The molecule has 0 radical (unpaired) electrons. The maximum Gasteiger partial charge on any atom is 0.405 e. The largest absolute Gasteiger partial charge is 0.405 e. The molecule has 1 fully saturated rings. The molecule has 140 valence electrons. The molecular formula is C17H20F3N5O. The Morgan fingerprint density at radius 1 is 1.23 bits per heavy atom. The summed E-state index contributed by atoms with van der Waals surface area (Å²) in [6, 6.07) is 6.61. The Balaban J connectivity index is 1.62. The van der Waals surface area contributed by atoms with Gasteiger partial charge in [-0.3, -0.25) is 9.69 Å². The molecule has 1 unspecified atom stereocenters. The molecule has 3 rings (SSSR count). The second kappa shape index (κ2) is 7.88. The topological polar surface area (TPSA) is 62.2 Å². The van der Waals surface area contributed by atoms with E-state index in [1.54, 1.807) is 47.4 Å². The van der Waals surface area contributed by atoms with Gasteiger partial charge in [-0.2, -0.15) is 18.3 Å². The molecule has 1 saturated heterocycles. The molecule has 1 amide bonds. The first-order valence-corrected chi connectivity index (χ1v) is 8.35. The molecule has 26 heavy (non-hydrogen) atoms. The van der Waals surface area contributed by atoms with Crippen molar-refractivity contribution in [3.8, 4) is 5.69 Å². The van der Waals surface area contributed by atoms with Crippen molar-refractivity contribution in [2.45, 2.75) is 12.2 Å². The maximum atomic E-state index is 13.3. The van der Waals surface area contributed by atoms with Gasteiger partial charge >= 0.3 is 6.18 Å². The fourth-order valence-electron chi connectivity index (χ4n) is 2.92. The Hall–Kier alpha value is -2.39. The SMILES string of the molecule is O=C(NCC(N1CCNCC1)C(F)(F)F)c1ccc(-n2cccn2)cc1. The minimum Gasteiger partial charge on any atom is -0.350 e. The van der Waals surface area contributed by atoms with Crippen molar-refractivity contribution in [1.29, 1.82) is 0 Å². The van der Waals surface area contributed by atoms with E-state index in [-0.39, 0.29) is 0 Å². The van der Waals surface area contributed by atoms with E-state index in [0.29, 0.717) is 31.7 Å². The van der Waals surface area contributed by atoms with Crippen LogP contribution in [0.2, 0.25) is 0 Å². The number of nitrogens with zero attached hydrogens (tertiary/aromatic N) is 3. The Bertz CT molecular complexity index is 709. The van der Waals surface area contributed by atoms with Crippen LogP contribution >= 0.6 is 0 Å². The predicted octanol–water partition coefficient (Wildman–Crippen LogP) is 1.44. The highest BCUT2D eigenvalue weighted by Crippen LogP contribution is 2.24. The van der Waals surface area contributed by atoms with Crippen molar-refractivity contribution in [2.75, 3.05) is 32.7 Å². The summed E-state index contributed by atoms with van der Waals surface area (Å²) in [6.07, 6.45) is -1.00. The van der Waals surface area contributed by atoms with E-state index >= 15 is 0 Å². The summed E-state index contributed by atoms with van der Waals surface area (Å²) in [5, 5.41) is 9.52. The number of aromatic nitrogens is 2. The van der Waals surface area contributed by atoms with Crippen molar-refractivity contribution in [3.05, 3.63) is 48.3 Å². The van der Waals surface area contributed by atoms with Crippen LogP contribution in [0.25, 0.3) is 5.69 Å². The van der Waals surface area contributed by atoms with Gasteiger partial charge in [-0.1, -0.05) is 0 Å². The van der Waals surface area contributed by atoms with Crippen molar-refractivity contribution in [1.82, 2.24) is 25.3 Å². The first kappa shape index (κ1) is 18.4. The van der Waals surface area contributed by atoms with Gasteiger partial charge in [0.15, 0.2) is 0 Å². The van der Waals surface area contributed by atoms with E-state index in [1.165, 1.54) is 4.90 Å². The van der Waals surface area contributed by atoms with E-state index < -0.39 is 24.7 Å². The minimum atomic E-state index is -4.39. The zero-order chi connectivity index (χ0) is 18.6. The van der Waals surface area contributed by atoms with E-state index in [1.807, 2.05) is 0 Å². The molecule has 1 aliphatic rings. The molecule has 6 nitrogen and oxygen atoms in total. The third-order valence-corrected chi connectivity index (χ3v) is 4.32. The highest BCUT2D eigenvalue weighted by Gasteiger charge is 2.43. The zero-order valence-electron chi connectivity index (χ0n) is 14.0. The second-order valence-corrected chi connectivity index (χ2v) is 6.05. The van der Waals surface area contributed by atoms with Crippen LogP contribution in [0.5, 0.6) is 0 Å². The normalized spacial score (nSPS) is 17.0. The Labute approximate surface area is 149 Å². The molecule has 0 spiro atoms. The lowest BCUT2D eigenvalue weighted by Gasteiger charge is -2.35. The van der Waals surface area contributed by atoms with Crippen molar-refractivity contribution >= 4 is 5.91 Å². The molecule has 1 aromatic heterocycles. The monoisotopic (exact) mass is 367 g/mol. The smallest absolute Gasteiger partial charge is 0.350 e. The number of benzene rings is 1. The molecule has 1 atom stereocenters. The van der Waals surface area contributed by atoms with Gasteiger partial charge in [0.1, 0.15) is 6.04 Å². The van der Waals surface area contributed by atoms with E-state index in [9.17, 15) is 18.0 Å². The third kappa shape index (κ3) is 4.41. The molecule has 2 aromatic rings. The molecule has 1 aliphatic heterocycles. The van der Waals surface area contributed by atoms with E-state index in [2.05, 4.69) is 15.7 Å². The molecule has 0 aliphatic carbocycles. The van der Waals surface area contributed by atoms with Gasteiger partial charge in [0.25, 0.3) is 5.91 Å². The molecule has 0 bridgehead atoms. The molecule has 9 heteroatoms. The minimum absolute atomic E-state index is 0.304. The maximum absolute atomic E-state index is 13.3. The summed E-state index contributed by atoms with van der Waals surface area (Å²) >= 11 is 0. The number of carbonyl (C=O) groups excluding carboxylic acids is 1. The van der Waals surface area contributed by atoms with Crippen LogP contribution in [-0.2, 0) is 0 Å². The first-order chi connectivity index (χ1) is 12.4. The molecule has 0 saturated carbocycles. The molecule has 2 N–H and O–H groups in total. The zero-order valence-corrected chi connectivity index (χ0v) is 14.0. The molecule has 2 heterocycles. The molecule has 1 aromatic carbocycles. The lowest BCUT2D eigenvalue weighted by Crippen LogP contribution is -2.57. The Kier molecular flexibility index (Phi) is 5.58. The van der Waals surface area contributed by atoms with Crippen LogP contribution in [0.1, 0.15) is 10.4 Å². The van der Waals surface area contributed by atoms with Crippen LogP contribution < -0.4 is 10.6 Å². The number of halogens is 3. The van der Waals surface area contributed by atoms with Gasteiger partial charge in [-0.15, -0.1) is 0 Å². The average Bonchev–Trinajstić information content (AvgIpc) is 3.16. The fourth-order valence-corrected chi connectivity index (χ4v) is 2.92. The average molecular weight is 367 g/mol. The van der Waals surface area contributed by atoms with Crippen molar-refractivity contribution in [2.24, 2.45) is 0 Å². The van der Waals surface area contributed by atoms with Gasteiger partial charge in [-0.05, 0) is 30.3 Å². The fraction of sp³-hybridized carbons (Fsp3) is 0.412. The highest BCUT2D eigenvalue weighted by atomic mass is 19.4.